The number of nitrogens with one attached hydrogen (secondary N) is 1. The van der Waals surface area contributed by atoms with Gasteiger partial charge in [0.25, 0.3) is 5.56 Å². The monoisotopic (exact) mass is 727 g/mol. The number of thiophene rings is 1. The average molecular weight is 728 g/mol. The summed E-state index contributed by atoms with van der Waals surface area (Å²) >= 11 is 1.46. The van der Waals surface area contributed by atoms with Gasteiger partial charge in [0.1, 0.15) is 40.8 Å². The number of para-hydroxylation sites is 1. The van der Waals surface area contributed by atoms with Crippen molar-refractivity contribution in [3.05, 3.63) is 105 Å². The van der Waals surface area contributed by atoms with Crippen molar-refractivity contribution in [2.75, 3.05) is 50.0 Å². The van der Waals surface area contributed by atoms with Gasteiger partial charge in [0.15, 0.2) is 5.82 Å². The van der Waals surface area contributed by atoms with E-state index in [0.29, 0.717) is 48.8 Å². The summed E-state index contributed by atoms with van der Waals surface area (Å²) in [4.78, 5) is 31.7. The smallest absolute Gasteiger partial charge is 0.298 e. The van der Waals surface area contributed by atoms with Crippen molar-refractivity contribution < 1.29 is 18.6 Å². The van der Waals surface area contributed by atoms with Gasteiger partial charge in [-0.3, -0.25) is 19.3 Å². The molecule has 0 saturated carbocycles. The van der Waals surface area contributed by atoms with Gasteiger partial charge in [0.2, 0.25) is 0 Å². The van der Waals surface area contributed by atoms with Crippen LogP contribution >= 0.6 is 11.3 Å². The third-order valence-electron chi connectivity index (χ3n) is 9.34. The standard InChI is InChI=1S/C37H39F2N9O3S/c38-24-8-10-29(30(39)15-24)37(50,20-42-23-43-22-40)21-46-12-4-5-25(19-46)44-18-28-17-32-35(52-28)45-34(41)36(49)48(32)27-9-11-33-31(16-27)47(13-14-51-33)26-6-2-1-3-7-26/h1-3,6-11,15-17,22-23,25,44,50H,4-5,12-14,18-21H2,(H2,41,45)(H2,40,42,43)/t25-,37?/m0/s1. The van der Waals surface area contributed by atoms with Gasteiger partial charge in [0.05, 0.1) is 36.3 Å². The second-order valence-corrected chi connectivity index (χ2v) is 14.0. The minimum atomic E-state index is -1.73. The van der Waals surface area contributed by atoms with Crippen LogP contribution in [0.15, 0.2) is 87.6 Å². The second-order valence-electron chi connectivity index (χ2n) is 12.9. The summed E-state index contributed by atoms with van der Waals surface area (Å²) in [6.45, 7) is 2.85. The molecule has 4 heterocycles. The molecule has 270 valence electrons. The largest absolute Gasteiger partial charge is 0.490 e. The van der Waals surface area contributed by atoms with E-state index in [9.17, 15) is 18.7 Å². The number of aliphatic imine (C=N–C) groups is 2. The average Bonchev–Trinajstić information content (AvgIpc) is 3.55. The van der Waals surface area contributed by atoms with Gasteiger partial charge >= 0.3 is 0 Å². The number of nitrogens with two attached hydrogens (primary N) is 2. The van der Waals surface area contributed by atoms with Crippen molar-refractivity contribution in [1.29, 1.82) is 0 Å². The number of rotatable bonds is 11. The van der Waals surface area contributed by atoms with Gasteiger partial charge in [0, 0.05) is 47.9 Å². The van der Waals surface area contributed by atoms with Crippen molar-refractivity contribution in [3.63, 3.8) is 0 Å². The van der Waals surface area contributed by atoms with Crippen LogP contribution in [0.3, 0.4) is 0 Å². The Kier molecular flexibility index (Phi) is 10.3. The molecule has 0 bridgehead atoms. The number of aliphatic hydroxyl groups is 1. The van der Waals surface area contributed by atoms with E-state index in [4.69, 9.17) is 16.2 Å². The lowest BCUT2D eigenvalue weighted by Gasteiger charge is -2.38. The quantitative estimate of drug-likeness (QED) is 0.115. The van der Waals surface area contributed by atoms with E-state index in [-0.39, 0.29) is 30.5 Å². The molecule has 3 aromatic carbocycles. The van der Waals surface area contributed by atoms with E-state index < -0.39 is 22.8 Å². The number of benzene rings is 3. The summed E-state index contributed by atoms with van der Waals surface area (Å²) in [6, 6.07) is 20.9. The Labute approximate surface area is 302 Å². The molecular formula is C37H39F2N9O3S. The van der Waals surface area contributed by atoms with Crippen LogP contribution in [0.1, 0.15) is 23.3 Å². The van der Waals surface area contributed by atoms with Gasteiger partial charge in [-0.05, 0) is 61.9 Å². The number of halogens is 2. The Hall–Kier alpha value is -5.22. The number of likely N-dealkylation sites (tertiary alicyclic amines) is 1. The summed E-state index contributed by atoms with van der Waals surface area (Å²) in [5.41, 5.74) is 12.5. The number of anilines is 3. The Morgan fingerprint density at radius 2 is 1.94 bits per heavy atom. The van der Waals surface area contributed by atoms with Crippen molar-refractivity contribution in [1.82, 2.24) is 19.8 Å². The molecule has 0 spiro atoms. The molecule has 15 heteroatoms. The maximum Gasteiger partial charge on any atom is 0.298 e. The highest BCUT2D eigenvalue weighted by atomic mass is 32.1. The molecule has 2 aromatic heterocycles. The molecule has 1 unspecified atom stereocenters. The number of fused-ring (bicyclic) bond motifs is 2. The third-order valence-corrected chi connectivity index (χ3v) is 10.4. The van der Waals surface area contributed by atoms with Gasteiger partial charge < -0.3 is 31.5 Å². The Balaban J connectivity index is 1.10. The van der Waals surface area contributed by atoms with E-state index in [1.807, 2.05) is 54.6 Å². The second kappa shape index (κ2) is 15.2. The summed E-state index contributed by atoms with van der Waals surface area (Å²) in [5, 5.41) is 15.3. The van der Waals surface area contributed by atoms with E-state index in [0.717, 1.165) is 53.3 Å². The summed E-state index contributed by atoms with van der Waals surface area (Å²) < 4.78 is 36.2. The normalized spacial score (nSPS) is 17.8. The highest BCUT2D eigenvalue weighted by molar-refractivity contribution is 7.18. The first-order valence-electron chi connectivity index (χ1n) is 17.0. The fourth-order valence-electron chi connectivity index (χ4n) is 6.95. The fraction of sp³-hybridized carbons (Fsp3) is 0.297. The SMILES string of the molecule is NC=NC=NCC(O)(CN1CCC[C@H](NCc2cc3c(nc(N)c(=O)n3-c3ccc4c(c3)N(c3ccccc3)CCO4)s2)C1)c1ccc(F)cc1F. The summed E-state index contributed by atoms with van der Waals surface area (Å²) in [5.74, 6) is -0.932. The molecule has 2 atom stereocenters. The third kappa shape index (κ3) is 7.39. The van der Waals surface area contributed by atoms with Crippen LogP contribution in [0.2, 0.25) is 0 Å². The number of nitrogen functional groups attached to an aromatic ring is 1. The lowest BCUT2D eigenvalue weighted by molar-refractivity contribution is -0.00405. The lowest BCUT2D eigenvalue weighted by atomic mass is 9.91. The molecule has 5 aromatic rings. The van der Waals surface area contributed by atoms with Crippen LogP contribution in [0.5, 0.6) is 5.75 Å². The number of ether oxygens (including phenoxy) is 1. The molecule has 0 amide bonds. The minimum absolute atomic E-state index is 0.0415. The van der Waals surface area contributed by atoms with E-state index in [1.54, 1.807) is 4.57 Å². The maximum absolute atomic E-state index is 14.9. The number of nitrogens with zero attached hydrogens (tertiary/aromatic N) is 6. The predicted molar refractivity (Wildman–Crippen MR) is 201 cm³/mol. The minimum Gasteiger partial charge on any atom is -0.490 e. The zero-order valence-corrected chi connectivity index (χ0v) is 29.1. The van der Waals surface area contributed by atoms with Crippen LogP contribution in [0, 0.1) is 11.6 Å². The first-order chi connectivity index (χ1) is 25.2. The van der Waals surface area contributed by atoms with E-state index >= 15 is 0 Å². The Bertz CT molecular complexity index is 2180. The molecule has 12 nitrogen and oxygen atoms in total. The predicted octanol–water partition coefficient (Wildman–Crippen LogP) is 4.30. The molecule has 2 aliphatic rings. The van der Waals surface area contributed by atoms with E-state index in [2.05, 4.69) is 30.1 Å². The van der Waals surface area contributed by atoms with Gasteiger partial charge in [-0.15, -0.1) is 11.3 Å². The maximum atomic E-state index is 14.9. The fourth-order valence-corrected chi connectivity index (χ4v) is 7.92. The van der Waals surface area contributed by atoms with Gasteiger partial charge in [-0.1, -0.05) is 24.3 Å². The molecule has 1 saturated heterocycles. The van der Waals surface area contributed by atoms with Crippen LogP contribution < -0.4 is 32.0 Å². The number of β-amino-alcohol motifs (C(OH)–C–C–N with tert-alkyl or cyclic N) is 1. The van der Waals surface area contributed by atoms with Crippen LogP contribution in [0.4, 0.5) is 26.0 Å². The molecule has 7 rings (SSSR count). The summed E-state index contributed by atoms with van der Waals surface area (Å²) in [7, 11) is 0. The summed E-state index contributed by atoms with van der Waals surface area (Å²) in [6.07, 6.45) is 3.98. The van der Waals surface area contributed by atoms with Crippen molar-refractivity contribution in [3.8, 4) is 11.4 Å². The van der Waals surface area contributed by atoms with Crippen molar-refractivity contribution in [2.24, 2.45) is 15.7 Å². The van der Waals surface area contributed by atoms with Crippen LogP contribution in [0.25, 0.3) is 16.0 Å². The number of hydrogen-bond donors (Lipinski definition) is 4. The molecule has 0 radical (unpaired) electrons. The number of piperidine rings is 1. The van der Waals surface area contributed by atoms with Crippen molar-refractivity contribution in [2.45, 2.75) is 31.0 Å². The van der Waals surface area contributed by atoms with Gasteiger partial charge in [-0.2, -0.15) is 0 Å². The lowest BCUT2D eigenvalue weighted by Crippen LogP contribution is -2.51. The molecule has 1 fully saturated rings. The molecule has 52 heavy (non-hydrogen) atoms. The molecule has 0 aliphatic carbocycles. The zero-order valence-electron chi connectivity index (χ0n) is 28.3. The number of hydrogen-bond acceptors (Lipinski definition) is 10. The van der Waals surface area contributed by atoms with E-state index in [1.165, 1.54) is 23.7 Å². The number of aromatic nitrogens is 2. The molecule has 6 N–H and O–H groups in total. The zero-order chi connectivity index (χ0) is 36.2. The van der Waals surface area contributed by atoms with Crippen LogP contribution in [-0.2, 0) is 12.1 Å². The highest BCUT2D eigenvalue weighted by Gasteiger charge is 2.36. The Morgan fingerprint density at radius 1 is 1.10 bits per heavy atom. The topological polar surface area (TPSA) is 160 Å². The van der Waals surface area contributed by atoms with Gasteiger partial charge in [-0.25, -0.2) is 18.8 Å². The first-order valence-corrected chi connectivity index (χ1v) is 17.8. The highest BCUT2D eigenvalue weighted by Crippen LogP contribution is 2.38. The van der Waals surface area contributed by atoms with Crippen molar-refractivity contribution >= 4 is 51.6 Å². The van der Waals surface area contributed by atoms with Crippen LogP contribution in [-0.4, -0.2) is 77.6 Å². The Morgan fingerprint density at radius 3 is 2.75 bits per heavy atom. The molecule has 2 aliphatic heterocycles. The molecular weight excluding hydrogens is 689 g/mol. The first kappa shape index (κ1) is 35.2.